The van der Waals surface area contributed by atoms with Crippen molar-refractivity contribution in [1.29, 1.82) is 5.41 Å². The zero-order valence-electron chi connectivity index (χ0n) is 12.2. The average molecular weight is 287 g/mol. The molecule has 0 radical (unpaired) electrons. The summed E-state index contributed by atoms with van der Waals surface area (Å²) in [6, 6.07) is 1.73. The lowest BCUT2D eigenvalue weighted by atomic mass is 9.94. The second-order valence-electron chi connectivity index (χ2n) is 5.02. The van der Waals surface area contributed by atoms with Crippen LogP contribution in [0.15, 0.2) is 11.1 Å². The van der Waals surface area contributed by atoms with Gasteiger partial charge in [-0.05, 0) is 25.5 Å². The predicted molar refractivity (Wildman–Crippen MR) is 81.0 cm³/mol. The Morgan fingerprint density at radius 1 is 1.24 bits per heavy atom. The number of rotatable bonds is 2. The van der Waals surface area contributed by atoms with Crippen molar-refractivity contribution in [2.75, 3.05) is 12.8 Å². The molecule has 0 amide bonds. The van der Waals surface area contributed by atoms with Gasteiger partial charge in [0.05, 0.1) is 31.4 Å². The van der Waals surface area contributed by atoms with Crippen LogP contribution >= 0.6 is 0 Å². The van der Waals surface area contributed by atoms with Crippen LogP contribution in [0.4, 0.5) is 11.4 Å². The van der Waals surface area contributed by atoms with Gasteiger partial charge in [0.2, 0.25) is 0 Å². The quantitative estimate of drug-likeness (QED) is 0.810. The zero-order valence-corrected chi connectivity index (χ0v) is 12.2. The number of hydrogen-bond acceptors (Lipinski definition) is 6. The molecule has 0 unspecified atom stereocenters. The molecule has 0 bridgehead atoms. The molecule has 1 aliphatic carbocycles. The van der Waals surface area contributed by atoms with Gasteiger partial charge in [-0.2, -0.15) is 0 Å². The normalized spacial score (nSPS) is 17.5. The van der Waals surface area contributed by atoms with E-state index in [1.165, 1.54) is 7.11 Å². The fraction of sp³-hybridized carbons (Fsp3) is 0.333. The minimum absolute atomic E-state index is 0.136. The number of carbonyl (C=O) groups excluding carboxylic acids is 2. The second-order valence-corrected chi connectivity index (χ2v) is 5.02. The number of nitrogens with two attached hydrogens (primary N) is 1. The number of anilines is 1. The van der Waals surface area contributed by atoms with Crippen molar-refractivity contribution < 1.29 is 14.3 Å². The summed E-state index contributed by atoms with van der Waals surface area (Å²) < 4.78 is 5.31. The largest absolute Gasteiger partial charge is 0.494 e. The maximum atomic E-state index is 11.9. The number of aliphatic imine (C=N–C) groups is 1. The van der Waals surface area contributed by atoms with Crippen molar-refractivity contribution in [3.05, 3.63) is 17.2 Å². The molecular formula is C15H17N3O3. The Labute approximate surface area is 122 Å². The molecule has 2 rings (SSSR count). The Morgan fingerprint density at radius 2 is 1.90 bits per heavy atom. The number of aryl methyl sites for hydroxylation is 1. The van der Waals surface area contributed by atoms with Gasteiger partial charge in [-0.3, -0.25) is 9.59 Å². The Kier molecular flexibility index (Phi) is 3.88. The number of nitrogens with zero attached hydrogens (tertiary/aromatic N) is 1. The topological polar surface area (TPSA) is 106 Å². The summed E-state index contributed by atoms with van der Waals surface area (Å²) in [5.41, 5.74) is 8.63. The van der Waals surface area contributed by atoms with Gasteiger partial charge in [0.25, 0.3) is 0 Å². The number of ketones is 2. The highest BCUT2D eigenvalue weighted by Gasteiger charge is 2.27. The van der Waals surface area contributed by atoms with E-state index in [9.17, 15) is 9.59 Å². The molecular weight excluding hydrogens is 270 g/mol. The first-order chi connectivity index (χ1) is 9.85. The van der Waals surface area contributed by atoms with Crippen LogP contribution in [0, 0.1) is 19.3 Å². The average Bonchev–Trinajstić information content (AvgIpc) is 2.42. The molecule has 3 N–H and O–H groups in total. The third kappa shape index (κ3) is 2.69. The molecule has 0 spiro atoms. The number of nitrogen functional groups attached to an aromatic ring is 1. The SMILES string of the molecule is COc1c(N=C2CC(=O)C(=N)CC2=O)cc(C)c(N)c1C. The molecule has 1 saturated carbocycles. The molecule has 1 aliphatic rings. The fourth-order valence-corrected chi connectivity index (χ4v) is 2.27. The van der Waals surface area contributed by atoms with Crippen LogP contribution in [0.25, 0.3) is 0 Å². The lowest BCUT2D eigenvalue weighted by Crippen LogP contribution is -2.32. The summed E-state index contributed by atoms with van der Waals surface area (Å²) in [6.07, 6.45) is -0.323. The summed E-state index contributed by atoms with van der Waals surface area (Å²) >= 11 is 0. The molecule has 0 heterocycles. The number of benzene rings is 1. The first-order valence-electron chi connectivity index (χ1n) is 6.50. The Hall–Kier alpha value is -2.50. The number of hydrogen-bond donors (Lipinski definition) is 2. The van der Waals surface area contributed by atoms with E-state index in [1.807, 2.05) is 13.8 Å². The van der Waals surface area contributed by atoms with Gasteiger partial charge in [0.15, 0.2) is 11.6 Å². The predicted octanol–water partition coefficient (Wildman–Crippen LogP) is 1.92. The maximum Gasteiger partial charge on any atom is 0.183 e. The van der Waals surface area contributed by atoms with Gasteiger partial charge >= 0.3 is 0 Å². The van der Waals surface area contributed by atoms with Crippen molar-refractivity contribution in [2.24, 2.45) is 4.99 Å². The van der Waals surface area contributed by atoms with E-state index in [2.05, 4.69) is 4.99 Å². The van der Waals surface area contributed by atoms with E-state index < -0.39 is 0 Å². The third-order valence-corrected chi connectivity index (χ3v) is 3.54. The number of methoxy groups -OCH3 is 1. The number of nitrogens with one attached hydrogen (secondary N) is 1. The maximum absolute atomic E-state index is 11.9. The van der Waals surface area contributed by atoms with Crippen LogP contribution in [0.2, 0.25) is 0 Å². The van der Waals surface area contributed by atoms with Gasteiger partial charge < -0.3 is 15.9 Å². The smallest absolute Gasteiger partial charge is 0.183 e. The standard InChI is InChI=1S/C15H17N3O3/c1-7-4-11(15(21-3)8(2)14(7)17)18-10-6-12(19)9(16)5-13(10)20/h4,16H,5-6,17H2,1-3H3. The monoisotopic (exact) mass is 287 g/mol. The highest BCUT2D eigenvalue weighted by Crippen LogP contribution is 2.37. The molecule has 21 heavy (non-hydrogen) atoms. The van der Waals surface area contributed by atoms with Crippen LogP contribution in [0.3, 0.4) is 0 Å². The van der Waals surface area contributed by atoms with Crippen LogP contribution < -0.4 is 10.5 Å². The first-order valence-corrected chi connectivity index (χ1v) is 6.50. The molecule has 1 fully saturated rings. The van der Waals surface area contributed by atoms with E-state index in [4.69, 9.17) is 15.9 Å². The second kappa shape index (κ2) is 5.47. The summed E-state index contributed by atoms with van der Waals surface area (Å²) in [4.78, 5) is 27.8. The Balaban J connectivity index is 2.52. The number of Topliss-reactive ketones (excluding diaryl/α,β-unsaturated/α-hetero) is 2. The van der Waals surface area contributed by atoms with Crippen molar-refractivity contribution in [2.45, 2.75) is 26.7 Å². The summed E-state index contributed by atoms with van der Waals surface area (Å²) in [6.45, 7) is 3.66. The van der Waals surface area contributed by atoms with E-state index >= 15 is 0 Å². The lowest BCUT2D eigenvalue weighted by Gasteiger charge is -2.15. The number of carbonyl (C=O) groups is 2. The van der Waals surface area contributed by atoms with Gasteiger partial charge in [-0.15, -0.1) is 0 Å². The molecule has 6 heteroatoms. The van der Waals surface area contributed by atoms with E-state index in [1.54, 1.807) is 6.07 Å². The molecule has 1 aromatic carbocycles. The van der Waals surface area contributed by atoms with Gasteiger partial charge in [-0.25, -0.2) is 4.99 Å². The molecule has 0 atom stereocenters. The molecule has 110 valence electrons. The molecule has 1 aromatic rings. The highest BCUT2D eigenvalue weighted by molar-refractivity contribution is 6.60. The summed E-state index contributed by atoms with van der Waals surface area (Å²) in [7, 11) is 1.50. The minimum atomic E-state index is -0.365. The highest BCUT2D eigenvalue weighted by atomic mass is 16.5. The zero-order chi connectivity index (χ0) is 15.7. The van der Waals surface area contributed by atoms with Crippen LogP contribution in [0.1, 0.15) is 24.0 Å². The lowest BCUT2D eigenvalue weighted by molar-refractivity contribution is -0.116. The fourth-order valence-electron chi connectivity index (χ4n) is 2.27. The van der Waals surface area contributed by atoms with Crippen molar-refractivity contribution in [3.8, 4) is 5.75 Å². The third-order valence-electron chi connectivity index (χ3n) is 3.54. The Bertz CT molecular complexity index is 690. The van der Waals surface area contributed by atoms with Gasteiger partial charge in [-0.1, -0.05) is 0 Å². The van der Waals surface area contributed by atoms with Gasteiger partial charge in [0, 0.05) is 11.3 Å². The van der Waals surface area contributed by atoms with Crippen LogP contribution in [0.5, 0.6) is 5.75 Å². The van der Waals surface area contributed by atoms with E-state index in [0.29, 0.717) is 17.1 Å². The molecule has 0 saturated heterocycles. The minimum Gasteiger partial charge on any atom is -0.494 e. The van der Waals surface area contributed by atoms with Crippen LogP contribution in [-0.2, 0) is 9.59 Å². The van der Waals surface area contributed by atoms with Gasteiger partial charge in [0.1, 0.15) is 11.4 Å². The van der Waals surface area contributed by atoms with E-state index in [-0.39, 0.29) is 35.8 Å². The first kappa shape index (κ1) is 14.9. The van der Waals surface area contributed by atoms with Crippen molar-refractivity contribution >= 4 is 34.4 Å². The molecule has 0 aromatic heterocycles. The number of ether oxygens (including phenoxy) is 1. The van der Waals surface area contributed by atoms with Crippen LogP contribution in [-0.4, -0.2) is 30.1 Å². The van der Waals surface area contributed by atoms with Crippen molar-refractivity contribution in [1.82, 2.24) is 0 Å². The summed E-state index contributed by atoms with van der Waals surface area (Å²) in [5, 5.41) is 7.40. The van der Waals surface area contributed by atoms with E-state index in [0.717, 1.165) is 11.1 Å². The molecule has 0 aliphatic heterocycles. The van der Waals surface area contributed by atoms with Crippen molar-refractivity contribution in [3.63, 3.8) is 0 Å². The molecule has 6 nitrogen and oxygen atoms in total. The summed E-state index contributed by atoms with van der Waals surface area (Å²) in [5.74, 6) is -0.170. The Morgan fingerprint density at radius 3 is 2.52 bits per heavy atom.